The highest BCUT2D eigenvalue weighted by atomic mass is 15.2. The van der Waals surface area contributed by atoms with Crippen molar-refractivity contribution in [2.24, 2.45) is 0 Å². The van der Waals surface area contributed by atoms with Crippen LogP contribution >= 0.6 is 0 Å². The maximum absolute atomic E-state index is 8.72. The summed E-state index contributed by atoms with van der Waals surface area (Å²) < 4.78 is 0. The van der Waals surface area contributed by atoms with E-state index in [1.807, 2.05) is 0 Å². The van der Waals surface area contributed by atoms with Crippen LogP contribution in [-0.2, 0) is 0 Å². The first-order chi connectivity index (χ1) is 8.19. The molecule has 0 amide bonds. The van der Waals surface area contributed by atoms with E-state index in [1.165, 1.54) is 25.7 Å². The van der Waals surface area contributed by atoms with Gasteiger partial charge in [0.15, 0.2) is 0 Å². The van der Waals surface area contributed by atoms with Crippen LogP contribution in [0.4, 0.5) is 0 Å². The maximum atomic E-state index is 8.72. The molecule has 3 nitrogen and oxygen atoms in total. The zero-order chi connectivity index (χ0) is 12.7. The average Bonchev–Trinajstić information content (AvgIpc) is 2.31. The fraction of sp³-hybridized carbons (Fsp3) is 0.929. The number of nitrogens with one attached hydrogen (secondary N) is 1. The molecule has 0 spiro atoms. The Morgan fingerprint density at radius 3 is 2.41 bits per heavy atom. The van der Waals surface area contributed by atoms with E-state index in [9.17, 15) is 0 Å². The van der Waals surface area contributed by atoms with Gasteiger partial charge in [-0.2, -0.15) is 5.26 Å². The molecule has 1 aliphatic carbocycles. The standard InChI is InChI=1S/C14H27N3/c1-4-16-13-6-8-14(9-7-13)17(12(2)3)11-5-10-15/h12-14,16H,4-9,11H2,1-3H3. The Morgan fingerprint density at radius 2 is 1.94 bits per heavy atom. The molecular formula is C14H27N3. The van der Waals surface area contributed by atoms with Crippen molar-refractivity contribution < 1.29 is 0 Å². The fourth-order valence-corrected chi connectivity index (χ4v) is 2.94. The molecule has 1 fully saturated rings. The van der Waals surface area contributed by atoms with Crippen LogP contribution in [0.2, 0.25) is 0 Å². The third kappa shape index (κ3) is 4.65. The van der Waals surface area contributed by atoms with Crippen LogP contribution in [-0.4, -0.2) is 36.1 Å². The van der Waals surface area contributed by atoms with Gasteiger partial charge >= 0.3 is 0 Å². The summed E-state index contributed by atoms with van der Waals surface area (Å²) in [6, 6.07) is 4.24. The van der Waals surface area contributed by atoms with Crippen LogP contribution in [0.25, 0.3) is 0 Å². The molecule has 17 heavy (non-hydrogen) atoms. The van der Waals surface area contributed by atoms with Gasteiger partial charge in [0.05, 0.1) is 6.07 Å². The van der Waals surface area contributed by atoms with Crippen LogP contribution in [0.3, 0.4) is 0 Å². The largest absolute Gasteiger partial charge is 0.314 e. The minimum absolute atomic E-state index is 0.559. The summed E-state index contributed by atoms with van der Waals surface area (Å²) in [7, 11) is 0. The van der Waals surface area contributed by atoms with E-state index in [0.717, 1.165) is 19.1 Å². The lowest BCUT2D eigenvalue weighted by Crippen LogP contribution is -2.45. The molecule has 0 aliphatic heterocycles. The second-order valence-electron chi connectivity index (χ2n) is 5.30. The van der Waals surface area contributed by atoms with E-state index < -0.39 is 0 Å². The Balaban J connectivity index is 2.41. The summed E-state index contributed by atoms with van der Waals surface area (Å²) in [5.41, 5.74) is 0. The lowest BCUT2D eigenvalue weighted by atomic mass is 9.89. The van der Waals surface area contributed by atoms with Gasteiger partial charge in [0.25, 0.3) is 0 Å². The van der Waals surface area contributed by atoms with Crippen molar-refractivity contribution in [2.45, 2.75) is 71.0 Å². The normalized spacial score (nSPS) is 25.2. The number of nitrogens with zero attached hydrogens (tertiary/aromatic N) is 2. The van der Waals surface area contributed by atoms with Crippen molar-refractivity contribution in [3.63, 3.8) is 0 Å². The smallest absolute Gasteiger partial charge is 0.0635 e. The van der Waals surface area contributed by atoms with Gasteiger partial charge in [-0.15, -0.1) is 0 Å². The third-order valence-corrected chi connectivity index (χ3v) is 3.80. The first-order valence-electron chi connectivity index (χ1n) is 7.05. The zero-order valence-electron chi connectivity index (χ0n) is 11.6. The number of hydrogen-bond donors (Lipinski definition) is 1. The Hall–Kier alpha value is -0.590. The summed E-state index contributed by atoms with van der Waals surface area (Å²) in [5, 5.41) is 12.3. The van der Waals surface area contributed by atoms with Crippen LogP contribution in [0.5, 0.6) is 0 Å². The Kier molecular flexibility index (Phi) is 6.54. The number of nitriles is 1. The van der Waals surface area contributed by atoms with E-state index in [4.69, 9.17) is 5.26 Å². The minimum Gasteiger partial charge on any atom is -0.314 e. The first-order valence-corrected chi connectivity index (χ1v) is 7.05. The quantitative estimate of drug-likeness (QED) is 0.771. The van der Waals surface area contributed by atoms with Gasteiger partial charge in [0, 0.05) is 31.1 Å². The van der Waals surface area contributed by atoms with Crippen molar-refractivity contribution in [1.82, 2.24) is 10.2 Å². The topological polar surface area (TPSA) is 39.1 Å². The van der Waals surface area contributed by atoms with E-state index in [1.54, 1.807) is 0 Å². The van der Waals surface area contributed by atoms with E-state index in [-0.39, 0.29) is 0 Å². The van der Waals surface area contributed by atoms with Crippen molar-refractivity contribution in [1.29, 1.82) is 5.26 Å². The maximum Gasteiger partial charge on any atom is 0.0635 e. The van der Waals surface area contributed by atoms with Gasteiger partial charge in [0.2, 0.25) is 0 Å². The Labute approximate surface area is 106 Å². The van der Waals surface area contributed by atoms with Crippen molar-refractivity contribution >= 4 is 0 Å². The molecule has 0 bridgehead atoms. The molecule has 0 atom stereocenters. The van der Waals surface area contributed by atoms with E-state index in [0.29, 0.717) is 18.5 Å². The summed E-state index contributed by atoms with van der Waals surface area (Å²) >= 11 is 0. The molecule has 0 heterocycles. The molecule has 1 N–H and O–H groups in total. The zero-order valence-corrected chi connectivity index (χ0v) is 11.6. The predicted molar refractivity (Wildman–Crippen MR) is 71.8 cm³/mol. The average molecular weight is 237 g/mol. The molecule has 1 saturated carbocycles. The van der Waals surface area contributed by atoms with Crippen molar-refractivity contribution in [2.75, 3.05) is 13.1 Å². The summed E-state index contributed by atoms with van der Waals surface area (Å²) in [4.78, 5) is 2.52. The molecule has 0 unspecified atom stereocenters. The SMILES string of the molecule is CCNC1CCC(N(CCC#N)C(C)C)CC1. The predicted octanol–water partition coefficient (Wildman–Crippen LogP) is 2.53. The van der Waals surface area contributed by atoms with E-state index in [2.05, 4.69) is 37.1 Å². The van der Waals surface area contributed by atoms with Crippen LogP contribution in [0.15, 0.2) is 0 Å². The first kappa shape index (κ1) is 14.5. The lowest BCUT2D eigenvalue weighted by Gasteiger charge is -2.39. The third-order valence-electron chi connectivity index (χ3n) is 3.80. The molecule has 98 valence electrons. The molecule has 3 heteroatoms. The number of hydrogen-bond acceptors (Lipinski definition) is 3. The van der Waals surface area contributed by atoms with Crippen molar-refractivity contribution in [3.05, 3.63) is 0 Å². The number of rotatable bonds is 6. The summed E-state index contributed by atoms with van der Waals surface area (Å²) in [6.07, 6.45) is 5.79. The van der Waals surface area contributed by atoms with Crippen LogP contribution in [0.1, 0.15) is 52.9 Å². The Morgan fingerprint density at radius 1 is 1.29 bits per heavy atom. The lowest BCUT2D eigenvalue weighted by molar-refractivity contribution is 0.114. The van der Waals surface area contributed by atoms with Crippen molar-refractivity contribution in [3.8, 4) is 6.07 Å². The molecule has 0 aromatic carbocycles. The second kappa shape index (κ2) is 7.68. The fourth-order valence-electron chi connectivity index (χ4n) is 2.94. The van der Waals surface area contributed by atoms with Gasteiger partial charge in [-0.1, -0.05) is 6.92 Å². The van der Waals surface area contributed by atoms with Gasteiger partial charge in [-0.05, 0) is 46.1 Å². The highest BCUT2D eigenvalue weighted by molar-refractivity contribution is 4.85. The highest BCUT2D eigenvalue weighted by Gasteiger charge is 2.26. The van der Waals surface area contributed by atoms with Crippen LogP contribution < -0.4 is 5.32 Å². The summed E-state index contributed by atoms with van der Waals surface area (Å²) in [5.74, 6) is 0. The van der Waals surface area contributed by atoms with Crippen LogP contribution in [0, 0.1) is 11.3 Å². The highest BCUT2D eigenvalue weighted by Crippen LogP contribution is 2.24. The molecule has 0 radical (unpaired) electrons. The van der Waals surface area contributed by atoms with Gasteiger partial charge in [-0.25, -0.2) is 0 Å². The van der Waals surface area contributed by atoms with Gasteiger partial charge < -0.3 is 5.32 Å². The van der Waals surface area contributed by atoms with Gasteiger partial charge in [0.1, 0.15) is 0 Å². The second-order valence-corrected chi connectivity index (χ2v) is 5.30. The molecule has 0 aromatic heterocycles. The van der Waals surface area contributed by atoms with E-state index >= 15 is 0 Å². The van der Waals surface area contributed by atoms with Gasteiger partial charge in [-0.3, -0.25) is 4.90 Å². The molecule has 1 aliphatic rings. The minimum atomic E-state index is 0.559. The monoisotopic (exact) mass is 237 g/mol. The Bertz CT molecular complexity index is 236. The molecular weight excluding hydrogens is 210 g/mol. The summed E-state index contributed by atoms with van der Waals surface area (Å²) in [6.45, 7) is 8.68. The molecule has 0 aromatic rings. The molecule has 1 rings (SSSR count). The molecule has 0 saturated heterocycles.